The number of para-hydroxylation sites is 2. The van der Waals surface area contributed by atoms with Crippen LogP contribution in [0.5, 0.6) is 11.5 Å². The molecule has 3 aromatic rings. The third kappa shape index (κ3) is 3.17. The molecule has 5 rings (SSSR count). The van der Waals surface area contributed by atoms with E-state index in [0.29, 0.717) is 17.9 Å². The number of nitrogens with zero attached hydrogens (tertiary/aromatic N) is 2. The van der Waals surface area contributed by atoms with Gasteiger partial charge in [-0.1, -0.05) is 37.3 Å². The molecule has 2 aliphatic heterocycles. The molecule has 7 heteroatoms. The summed E-state index contributed by atoms with van der Waals surface area (Å²) in [5, 5.41) is 1.08. The van der Waals surface area contributed by atoms with Gasteiger partial charge in [-0.15, -0.1) is 0 Å². The zero-order chi connectivity index (χ0) is 23.3. The van der Waals surface area contributed by atoms with Crippen molar-refractivity contribution in [2.45, 2.75) is 44.8 Å². The van der Waals surface area contributed by atoms with E-state index in [-0.39, 0.29) is 24.4 Å². The first-order valence-electron chi connectivity index (χ1n) is 11.4. The lowest BCUT2D eigenvalue weighted by Gasteiger charge is -2.48. The number of benzene rings is 2. The summed E-state index contributed by atoms with van der Waals surface area (Å²) < 4.78 is 11.3. The minimum atomic E-state index is -0.562. The number of methoxy groups -OCH3 is 2. The average Bonchev–Trinajstić information content (AvgIpc) is 3.22. The molecule has 7 nitrogen and oxygen atoms in total. The Morgan fingerprint density at radius 1 is 1.09 bits per heavy atom. The predicted molar refractivity (Wildman–Crippen MR) is 125 cm³/mol. The van der Waals surface area contributed by atoms with Crippen LogP contribution in [0, 0.1) is 0 Å². The lowest BCUT2D eigenvalue weighted by Crippen LogP contribution is -2.64. The van der Waals surface area contributed by atoms with Gasteiger partial charge in [0.2, 0.25) is 11.8 Å². The molecule has 3 heterocycles. The van der Waals surface area contributed by atoms with Crippen molar-refractivity contribution < 1.29 is 19.1 Å². The van der Waals surface area contributed by atoms with E-state index in [1.54, 1.807) is 24.0 Å². The Balaban J connectivity index is 1.75. The smallest absolute Gasteiger partial charge is 0.246 e. The maximum absolute atomic E-state index is 13.7. The molecule has 172 valence electrons. The number of carbonyl (C=O) groups is 2. The van der Waals surface area contributed by atoms with Crippen LogP contribution in [0.1, 0.15) is 43.1 Å². The van der Waals surface area contributed by atoms with Gasteiger partial charge in [0.15, 0.2) is 11.5 Å². The van der Waals surface area contributed by atoms with Crippen LogP contribution in [0.2, 0.25) is 0 Å². The number of H-pyrrole nitrogens is 1. The molecule has 1 fully saturated rings. The lowest BCUT2D eigenvalue weighted by molar-refractivity contribution is -0.160. The summed E-state index contributed by atoms with van der Waals surface area (Å²) in [4.78, 5) is 34.4. The van der Waals surface area contributed by atoms with Crippen molar-refractivity contribution in [3.8, 4) is 11.5 Å². The second-order valence-corrected chi connectivity index (χ2v) is 8.79. The number of aromatic amines is 1. The van der Waals surface area contributed by atoms with Crippen LogP contribution in [0.3, 0.4) is 0 Å². The van der Waals surface area contributed by atoms with Crippen molar-refractivity contribution >= 4 is 22.7 Å². The minimum absolute atomic E-state index is 0.00624. The summed E-state index contributed by atoms with van der Waals surface area (Å²) in [7, 11) is 3.20. The molecule has 0 saturated carbocycles. The molecule has 0 bridgehead atoms. The summed E-state index contributed by atoms with van der Waals surface area (Å²) in [6.45, 7) is 4.13. The van der Waals surface area contributed by atoms with Gasteiger partial charge in [0.1, 0.15) is 18.6 Å². The normalized spacial score (nSPS) is 21.1. The summed E-state index contributed by atoms with van der Waals surface area (Å²) in [6, 6.07) is 12.7. The molecule has 3 unspecified atom stereocenters. The van der Waals surface area contributed by atoms with Crippen LogP contribution in [-0.2, 0) is 16.0 Å². The third-order valence-electron chi connectivity index (χ3n) is 7.14. The van der Waals surface area contributed by atoms with Crippen molar-refractivity contribution in [3.05, 3.63) is 59.3 Å². The molecule has 33 heavy (non-hydrogen) atoms. The van der Waals surface area contributed by atoms with Crippen LogP contribution in [0.25, 0.3) is 10.9 Å². The van der Waals surface area contributed by atoms with E-state index in [9.17, 15) is 9.59 Å². The maximum Gasteiger partial charge on any atom is 0.246 e. The lowest BCUT2D eigenvalue weighted by atomic mass is 9.85. The number of amides is 2. The van der Waals surface area contributed by atoms with E-state index < -0.39 is 12.1 Å². The Kier molecular flexibility index (Phi) is 5.27. The Morgan fingerprint density at radius 2 is 1.88 bits per heavy atom. The van der Waals surface area contributed by atoms with Gasteiger partial charge in [-0.2, -0.15) is 0 Å². The minimum Gasteiger partial charge on any atom is -0.493 e. The second-order valence-electron chi connectivity index (χ2n) is 8.79. The summed E-state index contributed by atoms with van der Waals surface area (Å²) >= 11 is 0. The van der Waals surface area contributed by atoms with E-state index in [1.807, 2.05) is 50.2 Å². The van der Waals surface area contributed by atoms with Gasteiger partial charge in [-0.3, -0.25) is 9.59 Å². The molecule has 1 aromatic heterocycles. The fraction of sp³-hybridized carbons (Fsp3) is 0.385. The largest absolute Gasteiger partial charge is 0.493 e. The molecule has 0 spiro atoms. The van der Waals surface area contributed by atoms with Gasteiger partial charge in [0.25, 0.3) is 0 Å². The van der Waals surface area contributed by atoms with Crippen molar-refractivity contribution in [2.24, 2.45) is 0 Å². The van der Waals surface area contributed by atoms with E-state index >= 15 is 0 Å². The Labute approximate surface area is 193 Å². The topological polar surface area (TPSA) is 74.9 Å². The predicted octanol–water partition coefficient (Wildman–Crippen LogP) is 3.67. The molecule has 3 atom stereocenters. The summed E-state index contributed by atoms with van der Waals surface area (Å²) in [5.74, 6) is 1.11. The van der Waals surface area contributed by atoms with Crippen LogP contribution in [0.15, 0.2) is 42.5 Å². The highest BCUT2D eigenvalue weighted by molar-refractivity contribution is 5.98. The Hall–Kier alpha value is -3.48. The third-order valence-corrected chi connectivity index (χ3v) is 7.14. The van der Waals surface area contributed by atoms with Crippen LogP contribution < -0.4 is 9.47 Å². The number of fused-ring (bicyclic) bond motifs is 4. The van der Waals surface area contributed by atoms with Gasteiger partial charge < -0.3 is 24.3 Å². The van der Waals surface area contributed by atoms with E-state index in [1.165, 1.54) is 0 Å². The Bertz CT molecular complexity index is 1230. The van der Waals surface area contributed by atoms with Gasteiger partial charge in [-0.05, 0) is 31.0 Å². The number of hydrogen-bond donors (Lipinski definition) is 1. The highest BCUT2D eigenvalue weighted by Gasteiger charge is 2.49. The van der Waals surface area contributed by atoms with Gasteiger partial charge in [-0.25, -0.2) is 0 Å². The average molecular weight is 448 g/mol. The molecule has 2 aliphatic rings. The fourth-order valence-corrected chi connectivity index (χ4v) is 5.33. The van der Waals surface area contributed by atoms with E-state index in [2.05, 4.69) is 11.1 Å². The molecule has 1 saturated heterocycles. The fourth-order valence-electron chi connectivity index (χ4n) is 5.33. The number of hydrogen-bond acceptors (Lipinski definition) is 4. The van der Waals surface area contributed by atoms with Crippen molar-refractivity contribution in [2.75, 3.05) is 20.8 Å². The Morgan fingerprint density at radius 3 is 2.61 bits per heavy atom. The summed E-state index contributed by atoms with van der Waals surface area (Å²) in [5.41, 5.74) is 3.80. The molecule has 2 amide bonds. The second kappa shape index (κ2) is 8.14. The first-order chi connectivity index (χ1) is 16.0. The van der Waals surface area contributed by atoms with Crippen molar-refractivity contribution in [3.63, 3.8) is 0 Å². The molecule has 0 aliphatic carbocycles. The molecule has 0 radical (unpaired) electrons. The van der Waals surface area contributed by atoms with Gasteiger partial charge in [0, 0.05) is 34.6 Å². The first kappa shape index (κ1) is 21.4. The molecular formula is C26H29N3O4. The van der Waals surface area contributed by atoms with E-state index in [0.717, 1.165) is 34.1 Å². The highest BCUT2D eigenvalue weighted by Crippen LogP contribution is 2.47. The monoisotopic (exact) mass is 447 g/mol. The highest BCUT2D eigenvalue weighted by atomic mass is 16.5. The van der Waals surface area contributed by atoms with Crippen molar-refractivity contribution in [1.29, 1.82) is 0 Å². The van der Waals surface area contributed by atoms with Crippen LogP contribution in [0.4, 0.5) is 0 Å². The number of carbonyl (C=O) groups excluding carboxylic acids is 2. The molecular weight excluding hydrogens is 418 g/mol. The van der Waals surface area contributed by atoms with Gasteiger partial charge >= 0.3 is 0 Å². The van der Waals surface area contributed by atoms with Crippen LogP contribution in [-0.4, -0.2) is 59.4 Å². The SMILES string of the molecule is CCC(C)N1CC(=O)N2C(Cc3c([nH]c4ccccc34)C2c2cccc(OC)c2OC)C1=O. The number of piperazine rings is 1. The van der Waals surface area contributed by atoms with Gasteiger partial charge in [0.05, 0.1) is 14.2 Å². The van der Waals surface area contributed by atoms with Crippen molar-refractivity contribution in [1.82, 2.24) is 14.8 Å². The summed E-state index contributed by atoms with van der Waals surface area (Å²) in [6.07, 6.45) is 1.29. The quantitative estimate of drug-likeness (QED) is 0.648. The zero-order valence-electron chi connectivity index (χ0n) is 19.4. The molecule has 2 aromatic carbocycles. The molecule has 1 N–H and O–H groups in total. The number of ether oxygens (including phenoxy) is 2. The zero-order valence-corrected chi connectivity index (χ0v) is 19.4. The number of rotatable bonds is 5. The van der Waals surface area contributed by atoms with Crippen LogP contribution >= 0.6 is 0 Å². The van der Waals surface area contributed by atoms with E-state index in [4.69, 9.17) is 9.47 Å². The first-order valence-corrected chi connectivity index (χ1v) is 11.4. The number of aromatic nitrogens is 1. The maximum atomic E-state index is 13.7. The standard InChI is InChI=1S/C26H29N3O4/c1-5-15(2)28-14-22(30)29-20(26(28)31)13-18-16-9-6-7-11-19(16)27-23(18)24(29)17-10-8-12-21(32-3)25(17)33-4/h6-12,15,20,24,27H,5,13-14H2,1-4H3. The number of nitrogens with one attached hydrogen (secondary N) is 1.